The van der Waals surface area contributed by atoms with Crippen LogP contribution in [0.3, 0.4) is 0 Å². The Morgan fingerprint density at radius 3 is 2.94 bits per heavy atom. The summed E-state index contributed by atoms with van der Waals surface area (Å²) in [7, 11) is 1.62. The lowest BCUT2D eigenvalue weighted by molar-refractivity contribution is 0.101. The van der Waals surface area contributed by atoms with Crippen LogP contribution in [-0.2, 0) is 0 Å². The van der Waals surface area contributed by atoms with Crippen LogP contribution < -0.4 is 10.1 Å². The van der Waals surface area contributed by atoms with Crippen LogP contribution in [0.2, 0.25) is 0 Å². The first-order chi connectivity index (χ1) is 8.29. The van der Waals surface area contributed by atoms with Gasteiger partial charge in [0.1, 0.15) is 5.75 Å². The van der Waals surface area contributed by atoms with E-state index in [0.29, 0.717) is 6.54 Å². The molecule has 17 heavy (non-hydrogen) atoms. The summed E-state index contributed by atoms with van der Waals surface area (Å²) in [5.41, 5.74) is 0.884. The van der Waals surface area contributed by atoms with Crippen molar-refractivity contribution < 1.29 is 9.53 Å². The molecule has 0 aliphatic heterocycles. The van der Waals surface area contributed by atoms with Gasteiger partial charge in [0.05, 0.1) is 18.5 Å². The third-order valence-corrected chi connectivity index (χ3v) is 3.23. The molecule has 1 aromatic carbocycles. The van der Waals surface area contributed by atoms with E-state index in [1.807, 2.05) is 41.8 Å². The van der Waals surface area contributed by atoms with Gasteiger partial charge in [0.25, 0.3) is 0 Å². The number of rotatable bonds is 5. The van der Waals surface area contributed by atoms with Crippen molar-refractivity contribution in [2.75, 3.05) is 19.0 Å². The van der Waals surface area contributed by atoms with Crippen LogP contribution in [-0.4, -0.2) is 19.4 Å². The van der Waals surface area contributed by atoms with Crippen LogP contribution in [0.15, 0.2) is 41.8 Å². The summed E-state index contributed by atoms with van der Waals surface area (Å²) in [6, 6.07) is 11.2. The van der Waals surface area contributed by atoms with Crippen LogP contribution >= 0.6 is 11.3 Å². The van der Waals surface area contributed by atoms with Gasteiger partial charge < -0.3 is 10.1 Å². The summed E-state index contributed by atoms with van der Waals surface area (Å²) in [6.07, 6.45) is 0. The molecule has 0 bridgehead atoms. The van der Waals surface area contributed by atoms with E-state index in [0.717, 1.165) is 16.3 Å². The van der Waals surface area contributed by atoms with E-state index in [-0.39, 0.29) is 5.78 Å². The predicted octanol–water partition coefficient (Wildman–Crippen LogP) is 3.05. The van der Waals surface area contributed by atoms with Crippen LogP contribution in [0.1, 0.15) is 9.67 Å². The normalized spacial score (nSPS) is 9.94. The van der Waals surface area contributed by atoms with Gasteiger partial charge in [-0.15, -0.1) is 11.3 Å². The molecule has 0 aliphatic carbocycles. The average molecular weight is 247 g/mol. The van der Waals surface area contributed by atoms with Crippen molar-refractivity contribution in [1.82, 2.24) is 0 Å². The van der Waals surface area contributed by atoms with Crippen molar-refractivity contribution in [3.8, 4) is 5.75 Å². The zero-order chi connectivity index (χ0) is 12.1. The Hall–Kier alpha value is -1.81. The van der Waals surface area contributed by atoms with E-state index in [9.17, 15) is 4.79 Å². The SMILES string of the molecule is COc1cccc(NCC(=O)c2cccs2)c1. The topological polar surface area (TPSA) is 38.3 Å². The highest BCUT2D eigenvalue weighted by atomic mass is 32.1. The molecule has 0 amide bonds. The number of carbonyl (C=O) groups is 1. The Kier molecular flexibility index (Phi) is 3.77. The summed E-state index contributed by atoms with van der Waals surface area (Å²) >= 11 is 1.46. The number of anilines is 1. The number of hydrogen-bond acceptors (Lipinski definition) is 4. The summed E-state index contributed by atoms with van der Waals surface area (Å²) in [5, 5.41) is 4.99. The highest BCUT2D eigenvalue weighted by Crippen LogP contribution is 2.17. The molecule has 2 rings (SSSR count). The molecule has 0 saturated carbocycles. The summed E-state index contributed by atoms with van der Waals surface area (Å²) in [5.74, 6) is 0.876. The lowest BCUT2D eigenvalue weighted by atomic mass is 10.2. The van der Waals surface area contributed by atoms with Crippen LogP contribution in [0.4, 0.5) is 5.69 Å². The van der Waals surface area contributed by atoms with E-state index < -0.39 is 0 Å². The Morgan fingerprint density at radius 2 is 2.24 bits per heavy atom. The molecular formula is C13H13NO2S. The van der Waals surface area contributed by atoms with Gasteiger partial charge in [-0.3, -0.25) is 4.79 Å². The number of hydrogen-bond donors (Lipinski definition) is 1. The summed E-state index contributed by atoms with van der Waals surface area (Å²) < 4.78 is 5.11. The molecule has 0 spiro atoms. The molecule has 0 radical (unpaired) electrons. The van der Waals surface area contributed by atoms with Crippen LogP contribution in [0.5, 0.6) is 5.75 Å². The minimum atomic E-state index is 0.0998. The molecule has 1 heterocycles. The minimum Gasteiger partial charge on any atom is -0.497 e. The summed E-state index contributed by atoms with van der Waals surface area (Å²) in [4.78, 5) is 12.5. The standard InChI is InChI=1S/C13H13NO2S/c1-16-11-5-2-4-10(8-11)14-9-12(15)13-6-3-7-17-13/h2-8,14H,9H2,1H3. The van der Waals surface area contributed by atoms with E-state index >= 15 is 0 Å². The largest absolute Gasteiger partial charge is 0.497 e. The molecule has 0 aliphatic rings. The monoisotopic (exact) mass is 247 g/mol. The van der Waals surface area contributed by atoms with E-state index in [4.69, 9.17) is 4.74 Å². The Labute approximate surface area is 104 Å². The zero-order valence-corrected chi connectivity index (χ0v) is 10.3. The van der Waals surface area contributed by atoms with Gasteiger partial charge in [0.2, 0.25) is 0 Å². The highest BCUT2D eigenvalue weighted by molar-refractivity contribution is 7.12. The van der Waals surface area contributed by atoms with Gasteiger partial charge in [-0.2, -0.15) is 0 Å². The number of nitrogens with one attached hydrogen (secondary N) is 1. The maximum Gasteiger partial charge on any atom is 0.191 e. The minimum absolute atomic E-state index is 0.0998. The molecule has 2 aromatic rings. The van der Waals surface area contributed by atoms with Crippen molar-refractivity contribution in [2.24, 2.45) is 0 Å². The molecule has 0 unspecified atom stereocenters. The van der Waals surface area contributed by atoms with Gasteiger partial charge >= 0.3 is 0 Å². The number of methoxy groups -OCH3 is 1. The number of thiophene rings is 1. The molecule has 0 atom stereocenters. The smallest absolute Gasteiger partial charge is 0.191 e. The van der Waals surface area contributed by atoms with Crippen molar-refractivity contribution in [3.05, 3.63) is 46.7 Å². The molecule has 1 aromatic heterocycles. The van der Waals surface area contributed by atoms with Gasteiger partial charge in [-0.25, -0.2) is 0 Å². The lowest BCUT2D eigenvalue weighted by Gasteiger charge is -2.06. The van der Waals surface area contributed by atoms with Crippen molar-refractivity contribution in [3.63, 3.8) is 0 Å². The molecule has 3 nitrogen and oxygen atoms in total. The Bertz CT molecular complexity index is 494. The first-order valence-corrected chi connectivity index (χ1v) is 6.12. The van der Waals surface area contributed by atoms with Gasteiger partial charge in [0, 0.05) is 11.8 Å². The fraction of sp³-hybridized carbons (Fsp3) is 0.154. The second-order valence-corrected chi connectivity index (χ2v) is 4.43. The average Bonchev–Trinajstić information content (AvgIpc) is 2.90. The molecule has 88 valence electrons. The Morgan fingerprint density at radius 1 is 1.35 bits per heavy atom. The molecule has 1 N–H and O–H groups in total. The molecule has 4 heteroatoms. The first-order valence-electron chi connectivity index (χ1n) is 5.24. The highest BCUT2D eigenvalue weighted by Gasteiger charge is 2.06. The first kappa shape index (κ1) is 11.7. The van der Waals surface area contributed by atoms with E-state index in [1.54, 1.807) is 7.11 Å². The van der Waals surface area contributed by atoms with Gasteiger partial charge in [-0.05, 0) is 23.6 Å². The fourth-order valence-corrected chi connectivity index (χ4v) is 2.10. The second-order valence-electron chi connectivity index (χ2n) is 3.49. The van der Waals surface area contributed by atoms with E-state index in [2.05, 4.69) is 5.32 Å². The molecule has 0 saturated heterocycles. The van der Waals surface area contributed by atoms with Gasteiger partial charge in [-0.1, -0.05) is 12.1 Å². The van der Waals surface area contributed by atoms with Crippen molar-refractivity contribution in [2.45, 2.75) is 0 Å². The lowest BCUT2D eigenvalue weighted by Crippen LogP contribution is -2.12. The maximum absolute atomic E-state index is 11.8. The second kappa shape index (κ2) is 5.50. The maximum atomic E-state index is 11.8. The molecule has 0 fully saturated rings. The quantitative estimate of drug-likeness (QED) is 0.825. The number of Topliss-reactive ketones (excluding diaryl/α,β-unsaturated/α-hetero) is 1. The predicted molar refractivity (Wildman–Crippen MR) is 70.1 cm³/mol. The summed E-state index contributed by atoms with van der Waals surface area (Å²) in [6.45, 7) is 0.299. The zero-order valence-electron chi connectivity index (χ0n) is 9.47. The number of carbonyl (C=O) groups excluding carboxylic acids is 1. The fourth-order valence-electron chi connectivity index (χ4n) is 1.44. The molecular weight excluding hydrogens is 234 g/mol. The van der Waals surface area contributed by atoms with Gasteiger partial charge in [0.15, 0.2) is 5.78 Å². The number of ether oxygens (including phenoxy) is 1. The van der Waals surface area contributed by atoms with Crippen LogP contribution in [0.25, 0.3) is 0 Å². The van der Waals surface area contributed by atoms with E-state index in [1.165, 1.54) is 11.3 Å². The third-order valence-electron chi connectivity index (χ3n) is 2.32. The van der Waals surface area contributed by atoms with Crippen molar-refractivity contribution >= 4 is 22.8 Å². The van der Waals surface area contributed by atoms with Crippen LogP contribution in [0, 0.1) is 0 Å². The number of ketones is 1. The third kappa shape index (κ3) is 3.07. The van der Waals surface area contributed by atoms with Crippen molar-refractivity contribution in [1.29, 1.82) is 0 Å². The Balaban J connectivity index is 1.95. The number of benzene rings is 1.